The number of imidazole rings is 1. The van der Waals surface area contributed by atoms with Crippen molar-refractivity contribution in [1.82, 2.24) is 24.7 Å². The van der Waals surface area contributed by atoms with Gasteiger partial charge in [0.1, 0.15) is 0 Å². The zero-order chi connectivity index (χ0) is 11.1. The quantitative estimate of drug-likeness (QED) is 0.781. The number of rotatable bonds is 1. The SMILES string of the molecule is Cn1ccnc1-c1n[nH]c(C(F)(F)F)n1. The van der Waals surface area contributed by atoms with E-state index in [1.54, 1.807) is 13.2 Å². The van der Waals surface area contributed by atoms with E-state index in [-0.39, 0.29) is 11.6 Å². The van der Waals surface area contributed by atoms with Gasteiger partial charge >= 0.3 is 6.18 Å². The number of H-pyrrole nitrogens is 1. The van der Waals surface area contributed by atoms with Gasteiger partial charge < -0.3 is 4.57 Å². The van der Waals surface area contributed by atoms with Crippen molar-refractivity contribution in [3.8, 4) is 11.6 Å². The van der Waals surface area contributed by atoms with Crippen molar-refractivity contribution in [2.45, 2.75) is 6.18 Å². The second kappa shape index (κ2) is 3.07. The minimum atomic E-state index is -4.52. The van der Waals surface area contributed by atoms with E-state index in [1.165, 1.54) is 10.8 Å². The minimum absolute atomic E-state index is 0.0742. The number of aromatic nitrogens is 5. The van der Waals surface area contributed by atoms with Crippen LogP contribution in [0, 0.1) is 0 Å². The van der Waals surface area contributed by atoms with Gasteiger partial charge in [0, 0.05) is 19.4 Å². The fraction of sp³-hybridized carbons (Fsp3) is 0.286. The molecule has 2 aromatic rings. The van der Waals surface area contributed by atoms with Crippen LogP contribution in [0.2, 0.25) is 0 Å². The van der Waals surface area contributed by atoms with E-state index in [4.69, 9.17) is 0 Å². The highest BCUT2D eigenvalue weighted by atomic mass is 19.4. The number of halogens is 3. The second-order valence-corrected chi connectivity index (χ2v) is 2.87. The molecule has 0 saturated heterocycles. The molecule has 0 radical (unpaired) electrons. The molecule has 0 bridgehead atoms. The molecule has 2 rings (SSSR count). The molecule has 8 heteroatoms. The van der Waals surface area contributed by atoms with Crippen molar-refractivity contribution in [2.75, 3.05) is 0 Å². The summed E-state index contributed by atoms with van der Waals surface area (Å²) in [5.74, 6) is -0.919. The van der Waals surface area contributed by atoms with E-state index in [9.17, 15) is 13.2 Å². The predicted molar refractivity (Wildman–Crippen MR) is 43.6 cm³/mol. The lowest BCUT2D eigenvalue weighted by Gasteiger charge is -1.98. The number of aryl methyl sites for hydroxylation is 1. The summed E-state index contributed by atoms with van der Waals surface area (Å²) in [6, 6.07) is 0. The molecule has 0 spiro atoms. The Morgan fingerprint density at radius 2 is 2.13 bits per heavy atom. The third-order valence-electron chi connectivity index (χ3n) is 1.78. The molecule has 0 aromatic carbocycles. The number of hydrogen-bond acceptors (Lipinski definition) is 3. The highest BCUT2D eigenvalue weighted by molar-refractivity contribution is 5.42. The third-order valence-corrected chi connectivity index (χ3v) is 1.78. The molecule has 80 valence electrons. The average Bonchev–Trinajstić information content (AvgIpc) is 2.69. The first-order valence-corrected chi connectivity index (χ1v) is 3.96. The standard InChI is InChI=1S/C7H6F3N5/c1-15-3-2-11-5(15)4-12-6(14-13-4)7(8,9)10/h2-3H,1H3,(H,12,13,14). The highest BCUT2D eigenvalue weighted by Gasteiger charge is 2.35. The summed E-state index contributed by atoms with van der Waals surface area (Å²) in [6.07, 6.45) is -1.46. The summed E-state index contributed by atoms with van der Waals surface area (Å²) in [5, 5.41) is 5.27. The van der Waals surface area contributed by atoms with E-state index in [0.29, 0.717) is 0 Å². The first-order chi connectivity index (χ1) is 6.98. The Labute approximate surface area is 82.0 Å². The van der Waals surface area contributed by atoms with E-state index < -0.39 is 12.0 Å². The summed E-state index contributed by atoms with van der Waals surface area (Å²) >= 11 is 0. The maximum Gasteiger partial charge on any atom is 0.451 e. The molecule has 0 aliphatic heterocycles. The lowest BCUT2D eigenvalue weighted by Crippen LogP contribution is -2.07. The number of nitrogens with zero attached hydrogens (tertiary/aromatic N) is 4. The molecule has 2 heterocycles. The van der Waals surface area contributed by atoms with Crippen molar-refractivity contribution in [3.63, 3.8) is 0 Å². The van der Waals surface area contributed by atoms with E-state index >= 15 is 0 Å². The summed E-state index contributed by atoms with van der Waals surface area (Å²) in [7, 11) is 1.64. The van der Waals surface area contributed by atoms with Gasteiger partial charge in [-0.2, -0.15) is 13.2 Å². The smallest absolute Gasteiger partial charge is 0.331 e. The van der Waals surface area contributed by atoms with Crippen molar-refractivity contribution < 1.29 is 13.2 Å². The Morgan fingerprint density at radius 3 is 2.60 bits per heavy atom. The monoisotopic (exact) mass is 217 g/mol. The Bertz CT molecular complexity index is 469. The van der Waals surface area contributed by atoms with Crippen LogP contribution in [0.3, 0.4) is 0 Å². The van der Waals surface area contributed by atoms with Crippen molar-refractivity contribution in [3.05, 3.63) is 18.2 Å². The number of nitrogens with one attached hydrogen (secondary N) is 1. The van der Waals surface area contributed by atoms with Crippen LogP contribution in [0.25, 0.3) is 11.6 Å². The number of aromatic amines is 1. The molecule has 0 amide bonds. The molecular formula is C7H6F3N5. The van der Waals surface area contributed by atoms with Gasteiger partial charge in [-0.3, -0.25) is 5.10 Å². The maximum atomic E-state index is 12.2. The Hall–Kier alpha value is -1.86. The van der Waals surface area contributed by atoms with Crippen LogP contribution >= 0.6 is 0 Å². The minimum Gasteiger partial charge on any atom is -0.331 e. The maximum absolute atomic E-state index is 12.2. The topological polar surface area (TPSA) is 59.4 Å². The van der Waals surface area contributed by atoms with Crippen LogP contribution in [0.4, 0.5) is 13.2 Å². The van der Waals surface area contributed by atoms with Crippen molar-refractivity contribution in [2.24, 2.45) is 7.05 Å². The zero-order valence-electron chi connectivity index (χ0n) is 7.58. The largest absolute Gasteiger partial charge is 0.451 e. The molecule has 0 atom stereocenters. The van der Waals surface area contributed by atoms with E-state index in [0.717, 1.165) is 0 Å². The normalized spacial score (nSPS) is 12.0. The van der Waals surface area contributed by atoms with Crippen LogP contribution in [-0.4, -0.2) is 24.7 Å². The Morgan fingerprint density at radius 1 is 1.40 bits per heavy atom. The van der Waals surface area contributed by atoms with Gasteiger partial charge in [0.05, 0.1) is 0 Å². The third kappa shape index (κ3) is 1.69. The lowest BCUT2D eigenvalue weighted by molar-refractivity contribution is -0.144. The van der Waals surface area contributed by atoms with E-state index in [2.05, 4.69) is 15.1 Å². The van der Waals surface area contributed by atoms with Crippen molar-refractivity contribution in [1.29, 1.82) is 0 Å². The van der Waals surface area contributed by atoms with Gasteiger partial charge in [0.25, 0.3) is 0 Å². The van der Waals surface area contributed by atoms with Crippen LogP contribution in [0.15, 0.2) is 12.4 Å². The molecule has 0 aliphatic carbocycles. The van der Waals surface area contributed by atoms with Crippen LogP contribution < -0.4 is 0 Å². The van der Waals surface area contributed by atoms with Crippen LogP contribution in [-0.2, 0) is 13.2 Å². The molecule has 0 aliphatic rings. The Kier molecular flexibility index (Phi) is 1.98. The molecule has 2 aromatic heterocycles. The van der Waals surface area contributed by atoms with Gasteiger partial charge in [0.2, 0.25) is 11.6 Å². The molecular weight excluding hydrogens is 211 g/mol. The van der Waals surface area contributed by atoms with Gasteiger partial charge in [0.15, 0.2) is 5.82 Å². The fourth-order valence-corrected chi connectivity index (χ4v) is 1.07. The summed E-state index contributed by atoms with van der Waals surface area (Å²) < 4.78 is 38.1. The Balaban J connectivity index is 2.41. The molecule has 5 nitrogen and oxygen atoms in total. The summed E-state index contributed by atoms with van der Waals surface area (Å²) in [4.78, 5) is 7.14. The van der Waals surface area contributed by atoms with Gasteiger partial charge in [-0.25, -0.2) is 9.97 Å². The molecule has 1 N–H and O–H groups in total. The summed E-state index contributed by atoms with van der Waals surface area (Å²) in [6.45, 7) is 0. The number of hydrogen-bond donors (Lipinski definition) is 1. The highest BCUT2D eigenvalue weighted by Crippen LogP contribution is 2.26. The molecule has 0 fully saturated rings. The summed E-state index contributed by atoms with van der Waals surface area (Å²) in [5.41, 5.74) is 0. The van der Waals surface area contributed by atoms with Gasteiger partial charge in [-0.15, -0.1) is 5.10 Å². The van der Waals surface area contributed by atoms with Crippen molar-refractivity contribution >= 4 is 0 Å². The molecule has 0 saturated carbocycles. The first-order valence-electron chi connectivity index (χ1n) is 3.96. The van der Waals surface area contributed by atoms with Gasteiger partial charge in [-0.05, 0) is 0 Å². The molecule has 0 unspecified atom stereocenters. The van der Waals surface area contributed by atoms with Crippen LogP contribution in [0.5, 0.6) is 0 Å². The fourth-order valence-electron chi connectivity index (χ4n) is 1.07. The van der Waals surface area contributed by atoms with E-state index in [1.807, 2.05) is 5.10 Å². The second-order valence-electron chi connectivity index (χ2n) is 2.87. The zero-order valence-corrected chi connectivity index (χ0v) is 7.58. The predicted octanol–water partition coefficient (Wildman–Crippen LogP) is 1.22. The first kappa shape index (κ1) is 9.69. The number of alkyl halides is 3. The van der Waals surface area contributed by atoms with Gasteiger partial charge in [-0.1, -0.05) is 0 Å². The average molecular weight is 217 g/mol. The molecule has 15 heavy (non-hydrogen) atoms. The lowest BCUT2D eigenvalue weighted by atomic mass is 10.5. The van der Waals surface area contributed by atoms with Crippen LogP contribution in [0.1, 0.15) is 5.82 Å².